The van der Waals surface area contributed by atoms with Crippen LogP contribution in [-0.2, 0) is 20.9 Å². The third-order valence-electron chi connectivity index (χ3n) is 4.33. The van der Waals surface area contributed by atoms with E-state index in [2.05, 4.69) is 10.6 Å². The van der Waals surface area contributed by atoms with Gasteiger partial charge in [-0.3, -0.25) is 10.1 Å². The second-order valence-electron chi connectivity index (χ2n) is 7.64. The van der Waals surface area contributed by atoms with E-state index in [0.717, 1.165) is 11.1 Å². The van der Waals surface area contributed by atoms with E-state index in [9.17, 15) is 9.59 Å². The lowest BCUT2D eigenvalue weighted by atomic mass is 10.00. The van der Waals surface area contributed by atoms with Crippen molar-refractivity contribution in [2.24, 2.45) is 0 Å². The van der Waals surface area contributed by atoms with Crippen molar-refractivity contribution >= 4 is 46.3 Å². The first-order valence-electron chi connectivity index (χ1n) is 8.83. The first kappa shape index (κ1) is 18.4. The standard InChI is InChI=1S/C21H19ClN2O4/c1-21(2,3)28-20(26)23-13-6-4-11-10-27-18(14(11)9-13)17-15-8-12(22)5-7-16(15)24-19(17)25/h4-9H,10H2,1-3H3,(H,23,26)(H,24,25). The molecule has 0 radical (unpaired) electrons. The van der Waals surface area contributed by atoms with Gasteiger partial charge in [0.05, 0.1) is 5.57 Å². The van der Waals surface area contributed by atoms with Gasteiger partial charge in [-0.05, 0) is 51.1 Å². The molecule has 0 aliphatic carbocycles. The Labute approximate surface area is 167 Å². The first-order chi connectivity index (χ1) is 13.2. The lowest BCUT2D eigenvalue weighted by Crippen LogP contribution is -2.27. The maximum atomic E-state index is 12.6. The predicted octanol–water partition coefficient (Wildman–Crippen LogP) is 5.04. The topological polar surface area (TPSA) is 76.7 Å². The fraction of sp³-hybridized carbons (Fsp3) is 0.238. The number of fused-ring (bicyclic) bond motifs is 2. The molecule has 2 aromatic carbocycles. The molecular formula is C21H19ClN2O4. The van der Waals surface area contributed by atoms with Gasteiger partial charge in [0.25, 0.3) is 5.91 Å². The van der Waals surface area contributed by atoms with E-state index in [-0.39, 0.29) is 5.91 Å². The minimum absolute atomic E-state index is 0.245. The first-order valence-corrected chi connectivity index (χ1v) is 9.21. The van der Waals surface area contributed by atoms with Gasteiger partial charge in [0.2, 0.25) is 0 Å². The number of hydrogen-bond acceptors (Lipinski definition) is 4. The summed E-state index contributed by atoms with van der Waals surface area (Å²) in [7, 11) is 0. The van der Waals surface area contributed by atoms with Gasteiger partial charge < -0.3 is 14.8 Å². The summed E-state index contributed by atoms with van der Waals surface area (Å²) in [6.45, 7) is 5.75. The summed E-state index contributed by atoms with van der Waals surface area (Å²) < 4.78 is 11.1. The van der Waals surface area contributed by atoms with Crippen molar-refractivity contribution in [3.8, 4) is 0 Å². The van der Waals surface area contributed by atoms with E-state index in [1.54, 1.807) is 51.1 Å². The Morgan fingerprint density at radius 1 is 1.18 bits per heavy atom. The highest BCUT2D eigenvalue weighted by atomic mass is 35.5. The number of anilines is 2. The number of amides is 2. The maximum Gasteiger partial charge on any atom is 0.412 e. The minimum Gasteiger partial charge on any atom is -0.487 e. The normalized spacial score (nSPS) is 17.5. The summed E-state index contributed by atoms with van der Waals surface area (Å²) in [5, 5.41) is 6.08. The summed E-state index contributed by atoms with van der Waals surface area (Å²) in [5.74, 6) is 0.229. The number of carbonyl (C=O) groups is 2. The lowest BCUT2D eigenvalue weighted by molar-refractivity contribution is -0.110. The molecule has 0 spiro atoms. The molecule has 0 saturated heterocycles. The molecule has 0 aromatic heterocycles. The molecule has 6 nitrogen and oxygen atoms in total. The molecule has 0 bridgehead atoms. The average Bonchev–Trinajstić information content (AvgIpc) is 3.12. The van der Waals surface area contributed by atoms with Gasteiger partial charge in [0, 0.05) is 33.1 Å². The molecule has 0 unspecified atom stereocenters. The Balaban J connectivity index is 1.72. The van der Waals surface area contributed by atoms with E-state index >= 15 is 0 Å². The van der Waals surface area contributed by atoms with Gasteiger partial charge in [-0.2, -0.15) is 0 Å². The van der Waals surface area contributed by atoms with Crippen LogP contribution in [0.25, 0.3) is 11.3 Å². The summed E-state index contributed by atoms with van der Waals surface area (Å²) >= 11 is 6.11. The van der Waals surface area contributed by atoms with E-state index < -0.39 is 11.7 Å². The van der Waals surface area contributed by atoms with Crippen molar-refractivity contribution in [2.75, 3.05) is 10.6 Å². The molecule has 2 amide bonds. The highest BCUT2D eigenvalue weighted by Crippen LogP contribution is 2.43. The van der Waals surface area contributed by atoms with Crippen LogP contribution in [0.15, 0.2) is 36.4 Å². The zero-order chi connectivity index (χ0) is 20.1. The number of benzene rings is 2. The van der Waals surface area contributed by atoms with E-state index in [1.165, 1.54) is 0 Å². The summed E-state index contributed by atoms with van der Waals surface area (Å²) in [5.41, 5.74) is 3.48. The monoisotopic (exact) mass is 398 g/mol. The maximum absolute atomic E-state index is 12.6. The Morgan fingerprint density at radius 3 is 2.71 bits per heavy atom. The second-order valence-corrected chi connectivity index (χ2v) is 8.07. The largest absolute Gasteiger partial charge is 0.487 e. The van der Waals surface area contributed by atoms with Gasteiger partial charge in [-0.1, -0.05) is 17.7 Å². The predicted molar refractivity (Wildman–Crippen MR) is 108 cm³/mol. The molecule has 144 valence electrons. The smallest absolute Gasteiger partial charge is 0.412 e. The molecule has 2 N–H and O–H groups in total. The zero-order valence-corrected chi connectivity index (χ0v) is 16.4. The van der Waals surface area contributed by atoms with Crippen LogP contribution in [-0.4, -0.2) is 17.6 Å². The van der Waals surface area contributed by atoms with Crippen molar-refractivity contribution in [3.63, 3.8) is 0 Å². The molecule has 0 saturated carbocycles. The average molecular weight is 399 g/mol. The van der Waals surface area contributed by atoms with Gasteiger partial charge in [0.15, 0.2) is 0 Å². The van der Waals surface area contributed by atoms with Gasteiger partial charge >= 0.3 is 6.09 Å². The van der Waals surface area contributed by atoms with Gasteiger partial charge in [-0.15, -0.1) is 0 Å². The fourth-order valence-corrected chi connectivity index (χ4v) is 3.38. The molecule has 2 aromatic rings. The van der Waals surface area contributed by atoms with Crippen LogP contribution in [0.4, 0.5) is 16.2 Å². The molecule has 28 heavy (non-hydrogen) atoms. The minimum atomic E-state index is -0.595. The number of carbonyl (C=O) groups excluding carboxylic acids is 2. The summed E-state index contributed by atoms with van der Waals surface area (Å²) in [6.07, 6.45) is -0.545. The van der Waals surface area contributed by atoms with E-state index in [4.69, 9.17) is 21.1 Å². The van der Waals surface area contributed by atoms with Gasteiger partial charge in [-0.25, -0.2) is 4.79 Å². The number of halogens is 1. The molecule has 0 atom stereocenters. The molecule has 2 aliphatic heterocycles. The Morgan fingerprint density at radius 2 is 1.96 bits per heavy atom. The van der Waals surface area contributed by atoms with Crippen molar-refractivity contribution in [2.45, 2.75) is 33.0 Å². The fourth-order valence-electron chi connectivity index (χ4n) is 3.21. The van der Waals surface area contributed by atoms with E-state index in [0.29, 0.717) is 39.9 Å². The highest BCUT2D eigenvalue weighted by Gasteiger charge is 2.33. The Kier molecular flexibility index (Phi) is 4.31. The van der Waals surface area contributed by atoms with Crippen LogP contribution in [0.5, 0.6) is 0 Å². The van der Waals surface area contributed by atoms with Crippen LogP contribution in [0.1, 0.15) is 37.5 Å². The second kappa shape index (κ2) is 6.56. The molecule has 7 heteroatoms. The summed E-state index contributed by atoms with van der Waals surface area (Å²) in [6, 6.07) is 10.6. The van der Waals surface area contributed by atoms with Crippen LogP contribution in [0.2, 0.25) is 5.02 Å². The van der Waals surface area contributed by atoms with Crippen molar-refractivity contribution in [1.29, 1.82) is 0 Å². The molecule has 4 rings (SSSR count). The number of hydrogen-bond donors (Lipinski definition) is 2. The van der Waals surface area contributed by atoms with Crippen LogP contribution >= 0.6 is 11.6 Å². The van der Waals surface area contributed by atoms with Crippen LogP contribution < -0.4 is 10.6 Å². The van der Waals surface area contributed by atoms with Gasteiger partial charge in [0.1, 0.15) is 18.0 Å². The number of nitrogens with one attached hydrogen (secondary N) is 2. The Hall–Kier alpha value is -2.99. The zero-order valence-electron chi connectivity index (χ0n) is 15.7. The number of rotatable bonds is 1. The van der Waals surface area contributed by atoms with Crippen molar-refractivity contribution < 1.29 is 19.1 Å². The van der Waals surface area contributed by atoms with E-state index in [1.807, 2.05) is 6.07 Å². The highest BCUT2D eigenvalue weighted by molar-refractivity contribution is 6.38. The van der Waals surface area contributed by atoms with Crippen LogP contribution in [0, 0.1) is 0 Å². The third-order valence-corrected chi connectivity index (χ3v) is 4.56. The molecule has 2 heterocycles. The molecular weight excluding hydrogens is 380 g/mol. The quantitative estimate of drug-likeness (QED) is 0.660. The third kappa shape index (κ3) is 3.43. The SMILES string of the molecule is CC(C)(C)OC(=O)Nc1ccc2c(c1)C(=C1C(=O)Nc3ccc(Cl)cc31)OC2. The van der Waals surface area contributed by atoms with Crippen molar-refractivity contribution in [1.82, 2.24) is 0 Å². The molecule has 2 aliphatic rings. The lowest BCUT2D eigenvalue weighted by Gasteiger charge is -2.19. The van der Waals surface area contributed by atoms with Crippen LogP contribution in [0.3, 0.4) is 0 Å². The molecule has 0 fully saturated rings. The summed E-state index contributed by atoms with van der Waals surface area (Å²) in [4.78, 5) is 24.6. The van der Waals surface area contributed by atoms with Crippen molar-refractivity contribution in [3.05, 3.63) is 58.1 Å². The Bertz CT molecular complexity index is 1040. The number of ether oxygens (including phenoxy) is 2.